The Hall–Kier alpha value is -6.35. The summed E-state index contributed by atoms with van der Waals surface area (Å²) in [5.74, 6) is -3.83. The van der Waals surface area contributed by atoms with E-state index in [1.54, 1.807) is 48.5 Å². The monoisotopic (exact) mass is 750 g/mol. The SMILES string of the molecule is O=C(NC1=NNC2NC(=O)C(C(C(=O)c3ccc(O)cc3)C3NN4C(NC(=O)Nc5ccc(Cl)cc5)=NNC4NC3=O)NN12)Nc1ccc(Cl)cc1. The fraction of sp³-hybridized carbons (Fsp3) is 0.167. The van der Waals surface area contributed by atoms with E-state index in [4.69, 9.17) is 23.2 Å². The minimum atomic E-state index is -1.50. The first-order chi connectivity index (χ1) is 25.0. The maximum atomic E-state index is 14.3. The zero-order valence-corrected chi connectivity index (χ0v) is 27.9. The molecule has 0 saturated carbocycles. The summed E-state index contributed by atoms with van der Waals surface area (Å²) >= 11 is 11.9. The van der Waals surface area contributed by atoms with Crippen LogP contribution in [0.15, 0.2) is 83.0 Å². The third kappa shape index (κ3) is 7.11. The second-order valence-electron chi connectivity index (χ2n) is 11.5. The van der Waals surface area contributed by atoms with E-state index < -0.39 is 60.2 Å². The molecular formula is C30H28Cl2N14O6. The van der Waals surface area contributed by atoms with Gasteiger partial charge in [0.05, 0.1) is 5.92 Å². The Labute approximate surface area is 303 Å². The van der Waals surface area contributed by atoms with Gasteiger partial charge >= 0.3 is 12.1 Å². The number of aromatic hydroxyl groups is 1. The van der Waals surface area contributed by atoms with Crippen LogP contribution in [0.1, 0.15) is 10.4 Å². The molecule has 4 unspecified atom stereocenters. The molecule has 2 fully saturated rings. The van der Waals surface area contributed by atoms with Crippen LogP contribution < -0.4 is 53.6 Å². The average Bonchev–Trinajstić information content (AvgIpc) is 3.69. The summed E-state index contributed by atoms with van der Waals surface area (Å²) in [4.78, 5) is 67.3. The van der Waals surface area contributed by atoms with Crippen molar-refractivity contribution in [3.05, 3.63) is 88.4 Å². The first-order valence-electron chi connectivity index (χ1n) is 15.4. The van der Waals surface area contributed by atoms with Crippen LogP contribution in [-0.4, -0.2) is 81.4 Å². The number of carbonyl (C=O) groups is 5. The molecule has 0 spiro atoms. The quantitative estimate of drug-likeness (QED) is 0.150. The molecule has 6 amide bonds. The number of fused-ring (bicyclic) bond motifs is 2. The summed E-state index contributed by atoms with van der Waals surface area (Å²) < 4.78 is 0. The van der Waals surface area contributed by atoms with Crippen molar-refractivity contribution in [3.8, 4) is 5.75 Å². The van der Waals surface area contributed by atoms with Crippen molar-refractivity contribution >= 4 is 76.2 Å². The van der Waals surface area contributed by atoms with Crippen molar-refractivity contribution < 1.29 is 29.1 Å². The number of hydrazine groups is 2. The van der Waals surface area contributed by atoms with Crippen LogP contribution in [0.25, 0.3) is 0 Å². The number of guanidine groups is 2. The van der Waals surface area contributed by atoms with Crippen LogP contribution in [0.3, 0.4) is 0 Å². The van der Waals surface area contributed by atoms with E-state index >= 15 is 0 Å². The molecule has 52 heavy (non-hydrogen) atoms. The number of halogens is 2. The van der Waals surface area contributed by atoms with Crippen molar-refractivity contribution in [2.75, 3.05) is 10.6 Å². The molecule has 7 rings (SSSR count). The molecule has 4 aliphatic rings. The second-order valence-corrected chi connectivity index (χ2v) is 12.4. The lowest BCUT2D eigenvalue weighted by molar-refractivity contribution is -0.137. The van der Waals surface area contributed by atoms with E-state index in [2.05, 4.69) is 63.8 Å². The summed E-state index contributed by atoms with van der Waals surface area (Å²) in [5.41, 5.74) is 12.1. The number of amides is 6. The summed E-state index contributed by atoms with van der Waals surface area (Å²) in [6.07, 6.45) is -1.97. The van der Waals surface area contributed by atoms with Gasteiger partial charge in [-0.15, -0.1) is 10.2 Å². The largest absolute Gasteiger partial charge is 0.508 e. The second kappa shape index (κ2) is 14.1. The number of phenolic OH excluding ortho intramolecular Hbond substituents is 1. The van der Waals surface area contributed by atoms with E-state index in [9.17, 15) is 29.1 Å². The maximum absolute atomic E-state index is 14.3. The van der Waals surface area contributed by atoms with Gasteiger partial charge in [-0.1, -0.05) is 23.2 Å². The van der Waals surface area contributed by atoms with Crippen molar-refractivity contribution in [1.82, 2.24) is 53.0 Å². The Morgan fingerprint density at radius 3 is 1.50 bits per heavy atom. The van der Waals surface area contributed by atoms with E-state index in [-0.39, 0.29) is 23.2 Å². The van der Waals surface area contributed by atoms with Crippen LogP contribution in [0.4, 0.5) is 21.0 Å². The number of benzene rings is 3. The number of hydrazone groups is 2. The molecule has 3 aromatic rings. The number of Topliss-reactive ketones (excluding diaryl/α,β-unsaturated/α-hetero) is 1. The summed E-state index contributed by atoms with van der Waals surface area (Å²) in [7, 11) is 0. The molecule has 268 valence electrons. The number of urea groups is 2. The van der Waals surface area contributed by atoms with Gasteiger partial charge in [0, 0.05) is 27.0 Å². The van der Waals surface area contributed by atoms with Crippen molar-refractivity contribution in [2.45, 2.75) is 24.7 Å². The molecule has 0 bridgehead atoms. The molecule has 22 heteroatoms. The van der Waals surface area contributed by atoms with Gasteiger partial charge in [-0.05, 0) is 72.8 Å². The van der Waals surface area contributed by atoms with Crippen molar-refractivity contribution in [1.29, 1.82) is 0 Å². The molecule has 4 atom stereocenters. The minimum Gasteiger partial charge on any atom is -0.508 e. The number of ketones is 1. The number of nitrogens with zero attached hydrogens (tertiary/aromatic N) is 4. The minimum absolute atomic E-state index is 0.0686. The third-order valence-corrected chi connectivity index (χ3v) is 8.57. The Morgan fingerprint density at radius 2 is 1.08 bits per heavy atom. The molecular weight excluding hydrogens is 723 g/mol. The lowest BCUT2D eigenvalue weighted by Crippen LogP contribution is -2.77. The average molecular weight is 752 g/mol. The summed E-state index contributed by atoms with van der Waals surface area (Å²) in [5, 5.41) is 37.3. The standard InChI is InChI=1S/C30H28Cl2N14O6/c31-14-3-7-16(8-4-14)33-29(51)37-27-41-39-25-35-23(49)20(43-45(25)27)19(22(48)13-1-11-18(47)12-2-13)21-24(50)36-26-40-42-28(46(26)44-21)38-30(52)34-17-9-5-15(32)6-10-17/h1-12,19-21,25-26,39-40,43-44,47H,(H,35,49)(H,36,50)(H2,33,37,41,51)(H2,34,38,42,52). The first kappa shape index (κ1) is 34.1. The molecule has 3 aromatic carbocycles. The highest BCUT2D eigenvalue weighted by molar-refractivity contribution is 6.31. The molecule has 11 N–H and O–H groups in total. The molecule has 4 aliphatic heterocycles. The highest BCUT2D eigenvalue weighted by atomic mass is 35.5. The van der Waals surface area contributed by atoms with Gasteiger partial charge in [0.1, 0.15) is 17.8 Å². The Morgan fingerprint density at radius 1 is 0.654 bits per heavy atom. The predicted octanol–water partition coefficient (Wildman–Crippen LogP) is 0.0669. The Balaban J connectivity index is 1.12. The number of hydrogen-bond donors (Lipinski definition) is 11. The fourth-order valence-corrected chi connectivity index (χ4v) is 5.87. The predicted molar refractivity (Wildman–Crippen MR) is 186 cm³/mol. The zero-order valence-electron chi connectivity index (χ0n) is 26.3. The van der Waals surface area contributed by atoms with Crippen LogP contribution in [0, 0.1) is 5.92 Å². The van der Waals surface area contributed by atoms with Gasteiger partial charge in [0.25, 0.3) is 0 Å². The Bertz CT molecular complexity index is 1870. The van der Waals surface area contributed by atoms with Gasteiger partial charge in [-0.25, -0.2) is 30.5 Å². The van der Waals surface area contributed by atoms with Crippen LogP contribution >= 0.6 is 23.2 Å². The van der Waals surface area contributed by atoms with E-state index in [1.165, 1.54) is 34.3 Å². The van der Waals surface area contributed by atoms with Gasteiger partial charge in [-0.2, -0.15) is 0 Å². The molecule has 4 heterocycles. The fourth-order valence-electron chi connectivity index (χ4n) is 5.61. The number of rotatable bonds is 6. The van der Waals surface area contributed by atoms with Crippen molar-refractivity contribution in [3.63, 3.8) is 0 Å². The molecule has 0 aromatic heterocycles. The molecule has 0 radical (unpaired) electrons. The van der Waals surface area contributed by atoms with E-state index in [1.807, 2.05) is 0 Å². The highest BCUT2D eigenvalue weighted by Crippen LogP contribution is 2.25. The highest BCUT2D eigenvalue weighted by Gasteiger charge is 2.52. The smallest absolute Gasteiger partial charge is 0.326 e. The first-order valence-corrected chi connectivity index (χ1v) is 16.2. The van der Waals surface area contributed by atoms with Crippen molar-refractivity contribution in [2.24, 2.45) is 16.1 Å². The van der Waals surface area contributed by atoms with Gasteiger partial charge < -0.3 is 26.4 Å². The van der Waals surface area contributed by atoms with E-state index in [0.717, 1.165) is 0 Å². The number of nitrogens with one attached hydrogen (secondary N) is 10. The van der Waals surface area contributed by atoms with Gasteiger partial charge in [0.15, 0.2) is 5.78 Å². The normalized spacial score (nSPS) is 22.2. The summed E-state index contributed by atoms with van der Waals surface area (Å²) in [6, 6.07) is 13.7. The molecule has 2 saturated heterocycles. The number of phenols is 1. The third-order valence-electron chi connectivity index (χ3n) is 8.07. The number of hydrogen-bond acceptors (Lipinski definition) is 14. The number of carbonyl (C=O) groups excluding carboxylic acids is 5. The van der Waals surface area contributed by atoms with Crippen LogP contribution in [-0.2, 0) is 9.59 Å². The topological polar surface area (TPSA) is 257 Å². The van der Waals surface area contributed by atoms with Gasteiger partial charge in [0.2, 0.25) is 36.3 Å². The lowest BCUT2D eigenvalue weighted by Gasteiger charge is -2.44. The lowest BCUT2D eigenvalue weighted by atomic mass is 9.83. The van der Waals surface area contributed by atoms with Crippen LogP contribution in [0.5, 0.6) is 5.75 Å². The van der Waals surface area contributed by atoms with E-state index in [0.29, 0.717) is 21.4 Å². The van der Waals surface area contributed by atoms with Gasteiger partial charge in [-0.3, -0.25) is 35.9 Å². The summed E-state index contributed by atoms with van der Waals surface area (Å²) in [6.45, 7) is 0. The zero-order chi connectivity index (χ0) is 36.5. The molecule has 0 aliphatic carbocycles. The number of anilines is 2. The van der Waals surface area contributed by atoms with Crippen LogP contribution in [0.2, 0.25) is 10.0 Å². The maximum Gasteiger partial charge on any atom is 0.326 e. The molecule has 20 nitrogen and oxygen atoms in total. The Kier molecular flexibility index (Phi) is 9.26.